The van der Waals surface area contributed by atoms with Gasteiger partial charge in [0.1, 0.15) is 5.75 Å². The number of amides is 2. The second kappa shape index (κ2) is 7.65. The molecule has 2 aromatic rings. The van der Waals surface area contributed by atoms with Crippen LogP contribution in [-0.2, 0) is 4.79 Å². The molecule has 0 radical (unpaired) electrons. The third-order valence-electron chi connectivity index (χ3n) is 3.19. The zero-order chi connectivity index (χ0) is 16.8. The van der Waals surface area contributed by atoms with Gasteiger partial charge in [-0.25, -0.2) is 0 Å². The van der Waals surface area contributed by atoms with Gasteiger partial charge in [0.2, 0.25) is 5.91 Å². The molecule has 2 aromatic carbocycles. The highest BCUT2D eigenvalue weighted by Gasteiger charge is 2.16. The van der Waals surface area contributed by atoms with Crippen molar-refractivity contribution in [2.45, 2.75) is 0 Å². The summed E-state index contributed by atoms with van der Waals surface area (Å²) in [7, 11) is 3.10. The standard InChI is InChI=1S/C17H17ClN2O3/c1-20(17(22)12-6-5-7-13(10-12)23-2)11-16(21)19-15-9-4-3-8-14(15)18/h3-10H,11H2,1-2H3,(H,19,21). The highest BCUT2D eigenvalue weighted by atomic mass is 35.5. The average molecular weight is 333 g/mol. The number of ether oxygens (including phenoxy) is 1. The lowest BCUT2D eigenvalue weighted by Gasteiger charge is -2.17. The van der Waals surface area contributed by atoms with Gasteiger partial charge in [-0.15, -0.1) is 0 Å². The number of benzene rings is 2. The van der Waals surface area contributed by atoms with Gasteiger partial charge in [-0.2, -0.15) is 0 Å². The summed E-state index contributed by atoms with van der Waals surface area (Å²) in [5.41, 5.74) is 0.971. The molecule has 0 heterocycles. The number of likely N-dealkylation sites (N-methyl/N-ethyl adjacent to an activating group) is 1. The van der Waals surface area contributed by atoms with Crippen molar-refractivity contribution in [1.29, 1.82) is 0 Å². The summed E-state index contributed by atoms with van der Waals surface area (Å²) in [4.78, 5) is 25.7. The first-order valence-corrected chi connectivity index (χ1v) is 7.33. The molecule has 120 valence electrons. The fourth-order valence-corrected chi connectivity index (χ4v) is 2.20. The van der Waals surface area contributed by atoms with Crippen molar-refractivity contribution in [3.8, 4) is 5.75 Å². The normalized spacial score (nSPS) is 10.0. The number of nitrogens with one attached hydrogen (secondary N) is 1. The van der Waals surface area contributed by atoms with Gasteiger partial charge in [-0.3, -0.25) is 9.59 Å². The number of methoxy groups -OCH3 is 1. The SMILES string of the molecule is COc1cccc(C(=O)N(C)CC(=O)Nc2ccccc2Cl)c1. The Morgan fingerprint density at radius 3 is 2.61 bits per heavy atom. The van der Waals surface area contributed by atoms with Crippen LogP contribution in [0.5, 0.6) is 5.75 Å². The highest BCUT2D eigenvalue weighted by molar-refractivity contribution is 6.33. The van der Waals surface area contributed by atoms with Gasteiger partial charge in [-0.05, 0) is 30.3 Å². The molecule has 0 aliphatic carbocycles. The van der Waals surface area contributed by atoms with E-state index < -0.39 is 0 Å². The Labute approximate surface area is 139 Å². The van der Waals surface area contributed by atoms with Crippen molar-refractivity contribution < 1.29 is 14.3 Å². The maximum Gasteiger partial charge on any atom is 0.254 e. The Morgan fingerprint density at radius 1 is 1.17 bits per heavy atom. The Bertz CT molecular complexity index is 718. The molecular formula is C17H17ClN2O3. The lowest BCUT2D eigenvalue weighted by Crippen LogP contribution is -2.35. The molecule has 0 fully saturated rings. The van der Waals surface area contributed by atoms with Gasteiger partial charge in [0, 0.05) is 12.6 Å². The van der Waals surface area contributed by atoms with Crippen molar-refractivity contribution in [3.05, 3.63) is 59.1 Å². The molecule has 23 heavy (non-hydrogen) atoms. The Kier molecular flexibility index (Phi) is 5.60. The second-order valence-corrected chi connectivity index (χ2v) is 5.33. The molecule has 0 unspecified atom stereocenters. The van der Waals surface area contributed by atoms with Crippen molar-refractivity contribution >= 4 is 29.1 Å². The van der Waals surface area contributed by atoms with Crippen LogP contribution in [0, 0.1) is 0 Å². The van der Waals surface area contributed by atoms with Crippen LogP contribution in [0.4, 0.5) is 5.69 Å². The lowest BCUT2D eigenvalue weighted by atomic mass is 10.2. The first-order chi connectivity index (χ1) is 11.0. The average Bonchev–Trinajstić information content (AvgIpc) is 2.56. The molecule has 6 heteroatoms. The molecule has 0 saturated carbocycles. The molecule has 0 aliphatic heterocycles. The predicted molar refractivity (Wildman–Crippen MR) is 90.0 cm³/mol. The van der Waals surface area contributed by atoms with E-state index in [1.54, 1.807) is 55.6 Å². The number of halogens is 1. The zero-order valence-electron chi connectivity index (χ0n) is 12.9. The van der Waals surface area contributed by atoms with E-state index in [4.69, 9.17) is 16.3 Å². The lowest BCUT2D eigenvalue weighted by molar-refractivity contribution is -0.116. The third kappa shape index (κ3) is 4.47. The highest BCUT2D eigenvalue weighted by Crippen LogP contribution is 2.20. The predicted octanol–water partition coefficient (Wildman–Crippen LogP) is 3.06. The van der Waals surface area contributed by atoms with Crippen LogP contribution in [0.15, 0.2) is 48.5 Å². The van der Waals surface area contributed by atoms with E-state index in [9.17, 15) is 9.59 Å². The van der Waals surface area contributed by atoms with E-state index in [0.717, 1.165) is 0 Å². The monoisotopic (exact) mass is 332 g/mol. The largest absolute Gasteiger partial charge is 0.497 e. The molecule has 0 spiro atoms. The number of carbonyl (C=O) groups excluding carboxylic acids is 2. The van der Waals surface area contributed by atoms with Crippen LogP contribution in [0.1, 0.15) is 10.4 Å². The number of rotatable bonds is 5. The molecule has 0 atom stereocenters. The summed E-state index contributed by atoms with van der Waals surface area (Å²) >= 11 is 5.99. The Morgan fingerprint density at radius 2 is 1.91 bits per heavy atom. The first-order valence-electron chi connectivity index (χ1n) is 6.95. The van der Waals surface area contributed by atoms with Gasteiger partial charge < -0.3 is 15.0 Å². The fraction of sp³-hybridized carbons (Fsp3) is 0.176. The maximum atomic E-state index is 12.3. The maximum absolute atomic E-state index is 12.3. The zero-order valence-corrected chi connectivity index (χ0v) is 13.6. The summed E-state index contributed by atoms with van der Waals surface area (Å²) in [6.45, 7) is -0.0821. The van der Waals surface area contributed by atoms with E-state index in [-0.39, 0.29) is 18.4 Å². The molecule has 1 N–H and O–H groups in total. The minimum absolute atomic E-state index is 0.0821. The number of anilines is 1. The van der Waals surface area contributed by atoms with Crippen molar-refractivity contribution in [3.63, 3.8) is 0 Å². The van der Waals surface area contributed by atoms with Crippen LogP contribution in [-0.4, -0.2) is 37.4 Å². The van der Waals surface area contributed by atoms with Crippen LogP contribution >= 0.6 is 11.6 Å². The minimum Gasteiger partial charge on any atom is -0.497 e. The minimum atomic E-state index is -0.322. The first kappa shape index (κ1) is 16.8. The van der Waals surface area contributed by atoms with Gasteiger partial charge in [0.05, 0.1) is 24.4 Å². The number of nitrogens with zero attached hydrogens (tertiary/aromatic N) is 1. The molecule has 0 aromatic heterocycles. The number of para-hydroxylation sites is 1. The van der Waals surface area contributed by atoms with Gasteiger partial charge in [0.25, 0.3) is 5.91 Å². The number of carbonyl (C=O) groups is 2. The van der Waals surface area contributed by atoms with Crippen LogP contribution in [0.2, 0.25) is 5.02 Å². The van der Waals surface area contributed by atoms with E-state index in [1.807, 2.05) is 0 Å². The van der Waals surface area contributed by atoms with Crippen molar-refractivity contribution in [1.82, 2.24) is 4.90 Å². The van der Waals surface area contributed by atoms with E-state index in [2.05, 4.69) is 5.32 Å². The van der Waals surface area contributed by atoms with Crippen molar-refractivity contribution in [2.75, 3.05) is 26.0 Å². The van der Waals surface area contributed by atoms with Gasteiger partial charge in [0.15, 0.2) is 0 Å². The molecule has 5 nitrogen and oxygen atoms in total. The Hall–Kier alpha value is -2.53. The van der Waals surface area contributed by atoms with E-state index in [0.29, 0.717) is 22.0 Å². The molecule has 2 rings (SSSR count). The third-order valence-corrected chi connectivity index (χ3v) is 3.52. The topological polar surface area (TPSA) is 58.6 Å². The number of hydrogen-bond donors (Lipinski definition) is 1. The van der Waals surface area contributed by atoms with E-state index in [1.165, 1.54) is 12.0 Å². The fourth-order valence-electron chi connectivity index (χ4n) is 2.02. The Balaban J connectivity index is 2.00. The van der Waals surface area contributed by atoms with E-state index >= 15 is 0 Å². The quantitative estimate of drug-likeness (QED) is 0.915. The molecule has 0 saturated heterocycles. The van der Waals surface area contributed by atoms with Crippen LogP contribution < -0.4 is 10.1 Å². The van der Waals surface area contributed by atoms with Gasteiger partial charge >= 0.3 is 0 Å². The van der Waals surface area contributed by atoms with Crippen LogP contribution in [0.3, 0.4) is 0 Å². The smallest absolute Gasteiger partial charge is 0.254 e. The molecule has 2 amide bonds. The summed E-state index contributed by atoms with van der Waals surface area (Å²) in [5, 5.41) is 3.13. The second-order valence-electron chi connectivity index (χ2n) is 4.92. The van der Waals surface area contributed by atoms with Crippen molar-refractivity contribution in [2.24, 2.45) is 0 Å². The van der Waals surface area contributed by atoms with Crippen LogP contribution in [0.25, 0.3) is 0 Å². The molecular weight excluding hydrogens is 316 g/mol. The molecule has 0 bridgehead atoms. The summed E-state index contributed by atoms with van der Waals surface area (Å²) in [6, 6.07) is 13.7. The summed E-state index contributed by atoms with van der Waals surface area (Å²) in [6.07, 6.45) is 0. The number of hydrogen-bond acceptors (Lipinski definition) is 3. The summed E-state index contributed by atoms with van der Waals surface area (Å²) in [5.74, 6) is -0.000163. The molecule has 0 aliphatic rings. The summed E-state index contributed by atoms with van der Waals surface area (Å²) < 4.78 is 5.09. The van der Waals surface area contributed by atoms with Gasteiger partial charge in [-0.1, -0.05) is 29.8 Å².